The standard InChI is InChI=1S/C29H27BrN2O/c1-2-33-21-22-18-19-27(26(20-22)28(30)31)32-29(23-12-6-3-7-13-23,24-14-8-4-9-15-24)25-16-10-5-11-17-25/h3-20,31-32H,2,21H2,1H3. The first-order valence-corrected chi connectivity index (χ1v) is 11.8. The maximum absolute atomic E-state index is 8.41. The molecule has 0 spiro atoms. The lowest BCUT2D eigenvalue weighted by Crippen LogP contribution is -2.38. The Bertz CT molecular complexity index is 1100. The van der Waals surface area contributed by atoms with Gasteiger partial charge in [0.1, 0.15) is 10.2 Å². The van der Waals surface area contributed by atoms with Gasteiger partial charge in [-0.05, 0) is 57.2 Å². The highest BCUT2D eigenvalue weighted by Gasteiger charge is 2.36. The molecular formula is C29H27BrN2O. The molecule has 2 N–H and O–H groups in total. The average Bonchev–Trinajstić information content (AvgIpc) is 2.88. The molecular weight excluding hydrogens is 472 g/mol. The molecule has 0 saturated carbocycles. The number of nitrogens with one attached hydrogen (secondary N) is 2. The summed E-state index contributed by atoms with van der Waals surface area (Å²) in [6.07, 6.45) is 0. The van der Waals surface area contributed by atoms with E-state index in [9.17, 15) is 0 Å². The summed E-state index contributed by atoms with van der Waals surface area (Å²) in [7, 11) is 0. The van der Waals surface area contributed by atoms with Crippen LogP contribution in [0.1, 0.15) is 34.7 Å². The fourth-order valence-corrected chi connectivity index (χ4v) is 4.50. The smallest absolute Gasteiger partial charge is 0.114 e. The fourth-order valence-electron chi connectivity index (χ4n) is 4.17. The van der Waals surface area contributed by atoms with Gasteiger partial charge in [-0.1, -0.05) is 97.1 Å². The zero-order chi connectivity index (χ0) is 23.1. The van der Waals surface area contributed by atoms with Crippen molar-refractivity contribution in [2.24, 2.45) is 0 Å². The van der Waals surface area contributed by atoms with Gasteiger partial charge in [-0.2, -0.15) is 0 Å². The summed E-state index contributed by atoms with van der Waals surface area (Å²) in [5, 5.41) is 12.3. The Balaban J connectivity index is 1.94. The van der Waals surface area contributed by atoms with Gasteiger partial charge in [0.15, 0.2) is 0 Å². The van der Waals surface area contributed by atoms with Gasteiger partial charge in [0, 0.05) is 17.9 Å². The quantitative estimate of drug-likeness (QED) is 0.187. The van der Waals surface area contributed by atoms with Crippen molar-refractivity contribution in [1.82, 2.24) is 0 Å². The minimum absolute atomic E-state index is 0.325. The number of rotatable bonds is 9. The summed E-state index contributed by atoms with van der Waals surface area (Å²) in [6, 6.07) is 37.5. The zero-order valence-corrected chi connectivity index (χ0v) is 20.2. The largest absolute Gasteiger partial charge is 0.377 e. The highest BCUT2D eigenvalue weighted by molar-refractivity contribution is 9.18. The third kappa shape index (κ3) is 4.92. The van der Waals surface area contributed by atoms with E-state index in [1.165, 1.54) is 0 Å². The average molecular weight is 499 g/mol. The number of ether oxygens (including phenoxy) is 1. The predicted molar refractivity (Wildman–Crippen MR) is 140 cm³/mol. The highest BCUT2D eigenvalue weighted by atomic mass is 79.9. The van der Waals surface area contributed by atoms with Crippen molar-refractivity contribution in [1.29, 1.82) is 5.41 Å². The number of hydrogen-bond donors (Lipinski definition) is 2. The van der Waals surface area contributed by atoms with Gasteiger partial charge in [-0.25, -0.2) is 0 Å². The van der Waals surface area contributed by atoms with E-state index in [0.29, 0.717) is 17.8 Å². The summed E-state index contributed by atoms with van der Waals surface area (Å²) < 4.78 is 5.92. The highest BCUT2D eigenvalue weighted by Crippen LogP contribution is 2.41. The lowest BCUT2D eigenvalue weighted by molar-refractivity contribution is 0.134. The van der Waals surface area contributed by atoms with Gasteiger partial charge < -0.3 is 10.1 Å². The minimum Gasteiger partial charge on any atom is -0.377 e. The monoisotopic (exact) mass is 498 g/mol. The van der Waals surface area contributed by atoms with Crippen LogP contribution in [0.15, 0.2) is 109 Å². The number of halogens is 1. The maximum atomic E-state index is 8.41. The predicted octanol–water partition coefficient (Wildman–Crippen LogP) is 7.35. The van der Waals surface area contributed by atoms with Crippen molar-refractivity contribution in [3.05, 3.63) is 137 Å². The summed E-state index contributed by atoms with van der Waals surface area (Å²) in [6.45, 7) is 3.16. The first-order chi connectivity index (χ1) is 16.1. The third-order valence-corrected chi connectivity index (χ3v) is 6.16. The van der Waals surface area contributed by atoms with Gasteiger partial charge in [0.2, 0.25) is 0 Å². The van der Waals surface area contributed by atoms with E-state index in [1.807, 2.05) is 37.3 Å². The molecule has 0 amide bonds. The van der Waals surface area contributed by atoms with E-state index < -0.39 is 5.54 Å². The lowest BCUT2D eigenvalue weighted by Gasteiger charge is -2.38. The van der Waals surface area contributed by atoms with Crippen molar-refractivity contribution in [2.45, 2.75) is 19.1 Å². The second-order valence-electron chi connectivity index (χ2n) is 7.80. The Morgan fingerprint density at radius 2 is 1.27 bits per heavy atom. The van der Waals surface area contributed by atoms with E-state index in [2.05, 4.69) is 100 Å². The minimum atomic E-state index is -0.650. The SMILES string of the molecule is CCOCc1ccc(NC(c2ccccc2)(c2ccccc2)c2ccccc2)c(C(=N)Br)c1. The Morgan fingerprint density at radius 1 is 0.788 bits per heavy atom. The first-order valence-electron chi connectivity index (χ1n) is 11.0. The van der Waals surface area contributed by atoms with Crippen molar-refractivity contribution in [2.75, 3.05) is 11.9 Å². The second kappa shape index (κ2) is 10.6. The van der Waals surface area contributed by atoms with Gasteiger partial charge in [0.05, 0.1) is 6.61 Å². The molecule has 33 heavy (non-hydrogen) atoms. The number of hydrogen-bond acceptors (Lipinski definition) is 3. The van der Waals surface area contributed by atoms with Gasteiger partial charge in [0.25, 0.3) is 0 Å². The van der Waals surface area contributed by atoms with Gasteiger partial charge in [-0.3, -0.25) is 5.41 Å². The van der Waals surface area contributed by atoms with Crippen LogP contribution in [0.25, 0.3) is 0 Å². The van der Waals surface area contributed by atoms with E-state index in [4.69, 9.17) is 10.1 Å². The molecule has 0 aromatic heterocycles. The first kappa shape index (κ1) is 23.0. The van der Waals surface area contributed by atoms with Gasteiger partial charge >= 0.3 is 0 Å². The summed E-state index contributed by atoms with van der Waals surface area (Å²) in [4.78, 5) is 0. The normalized spacial score (nSPS) is 11.2. The lowest BCUT2D eigenvalue weighted by atomic mass is 9.76. The van der Waals surface area contributed by atoms with Crippen LogP contribution in [0, 0.1) is 5.41 Å². The molecule has 0 radical (unpaired) electrons. The topological polar surface area (TPSA) is 45.1 Å². The van der Waals surface area contributed by atoms with Crippen molar-refractivity contribution in [3.8, 4) is 0 Å². The van der Waals surface area contributed by atoms with Crippen LogP contribution in [0.5, 0.6) is 0 Å². The molecule has 4 rings (SSSR count). The van der Waals surface area contributed by atoms with Gasteiger partial charge in [-0.15, -0.1) is 0 Å². The molecule has 4 aromatic carbocycles. The second-order valence-corrected chi connectivity index (χ2v) is 8.60. The number of benzene rings is 4. The summed E-state index contributed by atoms with van der Waals surface area (Å²) >= 11 is 3.41. The summed E-state index contributed by atoms with van der Waals surface area (Å²) in [5.74, 6) is 0. The molecule has 0 saturated heterocycles. The van der Waals surface area contributed by atoms with E-state index in [0.717, 1.165) is 33.5 Å². The third-order valence-electron chi connectivity index (χ3n) is 5.74. The molecule has 0 fully saturated rings. The van der Waals surface area contributed by atoms with Crippen molar-refractivity contribution in [3.63, 3.8) is 0 Å². The molecule has 0 atom stereocenters. The molecule has 0 aliphatic rings. The molecule has 0 bridgehead atoms. The Labute approximate surface area is 204 Å². The van der Waals surface area contributed by atoms with Crippen molar-refractivity contribution >= 4 is 26.2 Å². The molecule has 0 heterocycles. The van der Waals surface area contributed by atoms with Crippen LogP contribution >= 0.6 is 15.9 Å². The van der Waals surface area contributed by atoms with Crippen LogP contribution in [0.2, 0.25) is 0 Å². The molecule has 0 aliphatic carbocycles. The van der Waals surface area contributed by atoms with Crippen LogP contribution in [0.4, 0.5) is 5.69 Å². The van der Waals surface area contributed by atoms with Crippen LogP contribution in [-0.2, 0) is 16.9 Å². The fraction of sp³-hybridized carbons (Fsp3) is 0.138. The van der Waals surface area contributed by atoms with E-state index in [1.54, 1.807) is 0 Å². The molecule has 3 nitrogen and oxygen atoms in total. The zero-order valence-electron chi connectivity index (χ0n) is 18.6. The molecule has 4 aromatic rings. The number of anilines is 1. The Morgan fingerprint density at radius 3 is 1.70 bits per heavy atom. The van der Waals surface area contributed by atoms with Crippen LogP contribution in [-0.4, -0.2) is 11.2 Å². The van der Waals surface area contributed by atoms with Crippen molar-refractivity contribution < 1.29 is 4.74 Å². The molecule has 4 heteroatoms. The Hall–Kier alpha value is -3.21. The summed E-state index contributed by atoms with van der Waals surface area (Å²) in [5.41, 5.74) is 5.40. The van der Waals surface area contributed by atoms with E-state index >= 15 is 0 Å². The van der Waals surface area contributed by atoms with Crippen LogP contribution in [0.3, 0.4) is 0 Å². The molecule has 0 unspecified atom stereocenters. The molecule has 166 valence electrons. The Kier molecular flexibility index (Phi) is 7.38. The van der Waals surface area contributed by atoms with Crippen LogP contribution < -0.4 is 5.32 Å². The van der Waals surface area contributed by atoms with E-state index in [-0.39, 0.29) is 0 Å². The maximum Gasteiger partial charge on any atom is 0.114 e. The molecule has 0 aliphatic heterocycles.